The Hall–Kier alpha value is -1.09. The van der Waals surface area contributed by atoms with Gasteiger partial charge in [-0.2, -0.15) is 0 Å². The first-order valence-corrected chi connectivity index (χ1v) is 7.52. The molecule has 0 N–H and O–H groups in total. The van der Waals surface area contributed by atoms with Gasteiger partial charge in [-0.25, -0.2) is 0 Å². The maximum absolute atomic E-state index is 4.43. The molecule has 2 heterocycles. The third kappa shape index (κ3) is 6.06. The van der Waals surface area contributed by atoms with Crippen LogP contribution in [0, 0.1) is 0 Å². The Bertz CT molecular complexity index is 326. The topological polar surface area (TPSA) is 19.4 Å². The molecule has 1 saturated heterocycles. The summed E-state index contributed by atoms with van der Waals surface area (Å²) in [5, 5.41) is 0. The lowest BCUT2D eigenvalue weighted by atomic mass is 10.1. The molecule has 1 fully saturated rings. The molecule has 108 valence electrons. The Morgan fingerprint density at radius 3 is 2.16 bits per heavy atom. The second-order valence-corrected chi connectivity index (χ2v) is 5.30. The van der Waals surface area contributed by atoms with Gasteiger partial charge in [-0.3, -0.25) is 4.98 Å². The van der Waals surface area contributed by atoms with E-state index in [9.17, 15) is 0 Å². The molecule has 19 heavy (non-hydrogen) atoms. The lowest BCUT2D eigenvalue weighted by Gasteiger charge is -2.28. The van der Waals surface area contributed by atoms with Gasteiger partial charge < -0.3 is 9.80 Å². The van der Waals surface area contributed by atoms with Gasteiger partial charge in [0.1, 0.15) is 0 Å². The van der Waals surface area contributed by atoms with Gasteiger partial charge in [0, 0.05) is 18.8 Å². The molecule has 3 heteroatoms. The van der Waals surface area contributed by atoms with Crippen LogP contribution in [0.3, 0.4) is 0 Å². The molecule has 0 atom stereocenters. The number of pyridine rings is 1. The van der Waals surface area contributed by atoms with Crippen molar-refractivity contribution in [3.63, 3.8) is 0 Å². The summed E-state index contributed by atoms with van der Waals surface area (Å²) in [5.74, 6) is 0. The third-order valence-electron chi connectivity index (χ3n) is 3.53. The van der Waals surface area contributed by atoms with Crippen LogP contribution in [0.5, 0.6) is 0 Å². The number of aromatic nitrogens is 1. The summed E-state index contributed by atoms with van der Waals surface area (Å²) in [6, 6.07) is 4.35. The van der Waals surface area contributed by atoms with Crippen LogP contribution in [0.4, 0.5) is 5.69 Å². The molecule has 1 aliphatic rings. The van der Waals surface area contributed by atoms with Crippen LogP contribution in [0.2, 0.25) is 0 Å². The summed E-state index contributed by atoms with van der Waals surface area (Å²) < 4.78 is 0. The predicted molar refractivity (Wildman–Crippen MR) is 83.9 cm³/mol. The van der Waals surface area contributed by atoms with Crippen molar-refractivity contribution in [2.45, 2.75) is 39.5 Å². The fourth-order valence-corrected chi connectivity index (χ4v) is 1.96. The number of rotatable bonds is 3. The average Bonchev–Trinajstić information content (AvgIpc) is 2.49. The molecule has 0 amide bonds. The van der Waals surface area contributed by atoms with E-state index in [4.69, 9.17) is 0 Å². The van der Waals surface area contributed by atoms with Gasteiger partial charge in [0.25, 0.3) is 0 Å². The molecule has 1 aromatic heterocycles. The molecule has 3 nitrogen and oxygen atoms in total. The maximum atomic E-state index is 4.43. The zero-order valence-corrected chi connectivity index (χ0v) is 13.0. The number of hydrogen-bond acceptors (Lipinski definition) is 3. The SMILES string of the molecule is CCN(C)C.CCc1ccc(N2CCCCC2)cn1. The molecule has 0 aliphatic carbocycles. The first kappa shape index (κ1) is 16.0. The Labute approximate surface area is 118 Å². The monoisotopic (exact) mass is 263 g/mol. The quantitative estimate of drug-likeness (QED) is 0.835. The average molecular weight is 263 g/mol. The van der Waals surface area contributed by atoms with E-state index in [1.165, 1.54) is 43.7 Å². The molecule has 1 aliphatic heterocycles. The van der Waals surface area contributed by atoms with E-state index in [2.05, 4.69) is 54.9 Å². The number of piperidine rings is 1. The van der Waals surface area contributed by atoms with Gasteiger partial charge in [0.05, 0.1) is 11.9 Å². The van der Waals surface area contributed by atoms with Crippen molar-refractivity contribution in [1.82, 2.24) is 9.88 Å². The minimum absolute atomic E-state index is 1.03. The fraction of sp³-hybridized carbons (Fsp3) is 0.688. The minimum atomic E-state index is 1.03. The van der Waals surface area contributed by atoms with E-state index < -0.39 is 0 Å². The van der Waals surface area contributed by atoms with Gasteiger partial charge in [-0.15, -0.1) is 0 Å². The molecular formula is C16H29N3. The largest absolute Gasteiger partial charge is 0.370 e. The van der Waals surface area contributed by atoms with E-state index in [1.807, 2.05) is 6.20 Å². The molecule has 2 rings (SSSR count). The Kier molecular flexibility index (Phi) is 7.49. The number of hydrogen-bond donors (Lipinski definition) is 0. The molecule has 0 saturated carbocycles. The van der Waals surface area contributed by atoms with Crippen LogP contribution in [-0.4, -0.2) is 43.6 Å². The number of nitrogens with zero attached hydrogens (tertiary/aromatic N) is 3. The Morgan fingerprint density at radius 1 is 1.11 bits per heavy atom. The summed E-state index contributed by atoms with van der Waals surface area (Å²) in [6.07, 6.45) is 7.09. The summed E-state index contributed by atoms with van der Waals surface area (Å²) in [6.45, 7) is 7.81. The van der Waals surface area contributed by atoms with Gasteiger partial charge in [-0.1, -0.05) is 13.8 Å². The van der Waals surface area contributed by atoms with Crippen molar-refractivity contribution in [2.75, 3.05) is 38.6 Å². The molecule has 0 bridgehead atoms. The Balaban J connectivity index is 0.000000312. The fourth-order valence-electron chi connectivity index (χ4n) is 1.96. The second-order valence-electron chi connectivity index (χ2n) is 5.30. The number of anilines is 1. The summed E-state index contributed by atoms with van der Waals surface area (Å²) in [4.78, 5) is 9.00. The van der Waals surface area contributed by atoms with E-state index in [1.54, 1.807) is 0 Å². The molecule has 1 aromatic rings. The minimum Gasteiger partial charge on any atom is -0.370 e. The van der Waals surface area contributed by atoms with Crippen molar-refractivity contribution >= 4 is 5.69 Å². The highest BCUT2D eigenvalue weighted by atomic mass is 15.1. The van der Waals surface area contributed by atoms with Crippen LogP contribution < -0.4 is 4.90 Å². The first-order chi connectivity index (χ1) is 9.17. The molecule has 0 radical (unpaired) electrons. The lowest BCUT2D eigenvalue weighted by molar-refractivity contribution is 0.434. The Morgan fingerprint density at radius 2 is 1.74 bits per heavy atom. The van der Waals surface area contributed by atoms with Crippen molar-refractivity contribution in [2.24, 2.45) is 0 Å². The van der Waals surface area contributed by atoms with Gasteiger partial charge in [0.2, 0.25) is 0 Å². The molecule has 0 spiro atoms. The van der Waals surface area contributed by atoms with E-state index in [-0.39, 0.29) is 0 Å². The zero-order chi connectivity index (χ0) is 14.1. The van der Waals surface area contributed by atoms with Crippen molar-refractivity contribution < 1.29 is 0 Å². The standard InChI is InChI=1S/C12H18N2.C4H11N/c1-2-11-6-7-12(10-13-11)14-8-4-3-5-9-14;1-4-5(2)3/h6-7,10H,2-5,8-9H2,1H3;4H2,1-3H3. The molecular weight excluding hydrogens is 234 g/mol. The van der Waals surface area contributed by atoms with Gasteiger partial charge >= 0.3 is 0 Å². The highest BCUT2D eigenvalue weighted by molar-refractivity contribution is 5.44. The number of aryl methyl sites for hydroxylation is 1. The highest BCUT2D eigenvalue weighted by Crippen LogP contribution is 2.18. The molecule has 0 unspecified atom stereocenters. The third-order valence-corrected chi connectivity index (χ3v) is 3.53. The van der Waals surface area contributed by atoms with Crippen molar-refractivity contribution in [3.8, 4) is 0 Å². The zero-order valence-electron chi connectivity index (χ0n) is 13.0. The van der Waals surface area contributed by atoms with Crippen LogP contribution in [0.15, 0.2) is 18.3 Å². The normalized spacial score (nSPS) is 15.1. The van der Waals surface area contributed by atoms with E-state index in [0.717, 1.165) is 13.0 Å². The summed E-state index contributed by atoms with van der Waals surface area (Å²) in [5.41, 5.74) is 2.48. The second kappa shape index (κ2) is 8.92. The van der Waals surface area contributed by atoms with Gasteiger partial charge in [0.15, 0.2) is 0 Å². The smallest absolute Gasteiger partial charge is 0.0552 e. The predicted octanol–water partition coefficient (Wildman–Crippen LogP) is 3.20. The molecule has 0 aromatic carbocycles. The summed E-state index contributed by atoms with van der Waals surface area (Å²) in [7, 11) is 4.11. The van der Waals surface area contributed by atoms with Crippen LogP contribution in [-0.2, 0) is 6.42 Å². The summed E-state index contributed by atoms with van der Waals surface area (Å²) >= 11 is 0. The van der Waals surface area contributed by atoms with Crippen LogP contribution >= 0.6 is 0 Å². The van der Waals surface area contributed by atoms with Gasteiger partial charge in [-0.05, 0) is 58.5 Å². The van der Waals surface area contributed by atoms with E-state index >= 15 is 0 Å². The van der Waals surface area contributed by atoms with Crippen LogP contribution in [0.25, 0.3) is 0 Å². The van der Waals surface area contributed by atoms with Crippen molar-refractivity contribution in [3.05, 3.63) is 24.0 Å². The first-order valence-electron chi connectivity index (χ1n) is 7.52. The van der Waals surface area contributed by atoms with Crippen LogP contribution in [0.1, 0.15) is 38.8 Å². The maximum Gasteiger partial charge on any atom is 0.0552 e. The highest BCUT2D eigenvalue weighted by Gasteiger charge is 2.10. The lowest BCUT2D eigenvalue weighted by Crippen LogP contribution is -2.29. The van der Waals surface area contributed by atoms with E-state index in [0.29, 0.717) is 0 Å². The van der Waals surface area contributed by atoms with Crippen molar-refractivity contribution in [1.29, 1.82) is 0 Å².